The molecule has 0 saturated heterocycles. The van der Waals surface area contributed by atoms with Gasteiger partial charge in [0, 0.05) is 110 Å². The third kappa shape index (κ3) is 15.7. The molecule has 0 bridgehead atoms. The molecule has 2 aromatic carbocycles. The largest absolute Gasteiger partial charge is 0.480 e. The summed E-state index contributed by atoms with van der Waals surface area (Å²) in [6, 6.07) is 13.9. The molecule has 1 aliphatic rings. The van der Waals surface area contributed by atoms with Crippen molar-refractivity contribution in [3.63, 3.8) is 0 Å². The second kappa shape index (κ2) is 21.0. The zero-order valence-electron chi connectivity index (χ0n) is 26.5. The van der Waals surface area contributed by atoms with E-state index in [1.54, 1.807) is 40.1 Å². The molecule has 266 valence electrons. The third-order valence-corrected chi connectivity index (χ3v) is 7.19. The number of esters is 1. The molecule has 18 heteroatoms. The average molecular weight is 828 g/mol. The van der Waals surface area contributed by atoms with Gasteiger partial charge >= 0.3 is 23.9 Å². The fraction of sp³-hybridized carbons (Fsp3) is 0.387. The number of hydrogen-bond acceptors (Lipinski definition) is 12. The second-order valence-electron chi connectivity index (χ2n) is 10.9. The quantitative estimate of drug-likeness (QED) is 0.102. The van der Waals surface area contributed by atoms with Gasteiger partial charge in [-0.1, -0.05) is 30.3 Å². The van der Waals surface area contributed by atoms with Gasteiger partial charge in [-0.3, -0.25) is 39.1 Å². The van der Waals surface area contributed by atoms with E-state index in [4.69, 9.17) is 4.74 Å². The normalized spacial score (nSPS) is 15.1. The van der Waals surface area contributed by atoms with Gasteiger partial charge in [0.05, 0.1) is 18.0 Å². The monoisotopic (exact) mass is 828 g/mol. The van der Waals surface area contributed by atoms with Crippen molar-refractivity contribution in [1.29, 1.82) is 0 Å². The summed E-state index contributed by atoms with van der Waals surface area (Å²) < 4.78 is 5.34. The zero-order chi connectivity index (χ0) is 35.1. The number of carbonyl (C=O) groups excluding carboxylic acids is 2. The third-order valence-electron chi connectivity index (χ3n) is 7.19. The SMILES string of the molecule is O=C(O)CN1/C=C\N(CC(=O)O)CCN(CC(=O)N(CC(=O)Oc2ccc([N+](=O)[O-])cc2)Cc2ccccc2)CCN(CC(=O)O)CC1.[Gd]. The zero-order valence-corrected chi connectivity index (χ0v) is 28.7. The van der Waals surface area contributed by atoms with Crippen molar-refractivity contribution in [3.05, 3.63) is 82.7 Å². The Hall–Kier alpha value is -4.23. The van der Waals surface area contributed by atoms with E-state index in [0.717, 1.165) is 5.56 Å². The van der Waals surface area contributed by atoms with Crippen LogP contribution in [0.3, 0.4) is 0 Å². The average Bonchev–Trinajstić information content (AvgIpc) is 3.02. The minimum Gasteiger partial charge on any atom is -0.480 e. The van der Waals surface area contributed by atoms with E-state index < -0.39 is 41.3 Å². The Balaban J connectivity index is 0.00000833. The van der Waals surface area contributed by atoms with Crippen molar-refractivity contribution in [2.24, 2.45) is 0 Å². The molecule has 0 radical (unpaired) electrons. The van der Waals surface area contributed by atoms with Crippen LogP contribution in [0.15, 0.2) is 67.0 Å². The van der Waals surface area contributed by atoms with Crippen LogP contribution in [0.2, 0.25) is 0 Å². The maximum Gasteiger partial charge on any atom is 0.331 e. The van der Waals surface area contributed by atoms with Gasteiger partial charge in [0.25, 0.3) is 5.69 Å². The van der Waals surface area contributed by atoms with E-state index in [9.17, 15) is 49.4 Å². The molecule has 0 fully saturated rings. The maximum atomic E-state index is 13.8. The van der Waals surface area contributed by atoms with E-state index in [1.165, 1.54) is 51.4 Å². The first-order valence-electron chi connectivity index (χ1n) is 14.9. The summed E-state index contributed by atoms with van der Waals surface area (Å²) in [6.07, 6.45) is 2.90. The van der Waals surface area contributed by atoms with E-state index in [0.29, 0.717) is 0 Å². The number of non-ortho nitro benzene ring substituents is 1. The van der Waals surface area contributed by atoms with Crippen LogP contribution in [0, 0.1) is 50.1 Å². The van der Waals surface area contributed by atoms with Gasteiger partial charge < -0.3 is 34.8 Å². The number of carbonyl (C=O) groups is 5. The predicted molar refractivity (Wildman–Crippen MR) is 169 cm³/mol. The van der Waals surface area contributed by atoms with Gasteiger partial charge in [-0.15, -0.1) is 0 Å². The summed E-state index contributed by atoms with van der Waals surface area (Å²) in [5.74, 6) is -4.48. The molecule has 3 rings (SSSR count). The van der Waals surface area contributed by atoms with Gasteiger partial charge in [0.1, 0.15) is 25.4 Å². The maximum absolute atomic E-state index is 13.8. The molecular formula is C31H38GdN6O11. The van der Waals surface area contributed by atoms with Crippen molar-refractivity contribution in [2.75, 3.05) is 72.0 Å². The molecule has 1 amide bonds. The van der Waals surface area contributed by atoms with Crippen LogP contribution in [0.5, 0.6) is 5.75 Å². The summed E-state index contributed by atoms with van der Waals surface area (Å²) in [7, 11) is 0. The van der Waals surface area contributed by atoms with E-state index in [1.807, 2.05) is 0 Å². The molecule has 0 saturated carbocycles. The number of rotatable bonds is 14. The summed E-state index contributed by atoms with van der Waals surface area (Å²) >= 11 is 0. The number of ether oxygens (including phenoxy) is 1. The van der Waals surface area contributed by atoms with E-state index in [-0.39, 0.29) is 123 Å². The molecule has 3 N–H and O–H groups in total. The summed E-state index contributed by atoms with van der Waals surface area (Å²) in [5, 5.41) is 39.2. The Morgan fingerprint density at radius 1 is 0.714 bits per heavy atom. The Labute approximate surface area is 314 Å². The van der Waals surface area contributed by atoms with E-state index in [2.05, 4.69) is 0 Å². The number of nitro groups is 1. The summed E-state index contributed by atoms with van der Waals surface area (Å²) in [6.45, 7) is -0.636. The number of nitro benzene ring substituents is 1. The van der Waals surface area contributed by atoms with Crippen molar-refractivity contribution in [3.8, 4) is 5.75 Å². The molecule has 0 aromatic heterocycles. The number of carboxylic acid groups (broad SMARTS) is 3. The van der Waals surface area contributed by atoms with Crippen LogP contribution in [-0.2, 0) is 30.5 Å². The van der Waals surface area contributed by atoms with Crippen LogP contribution in [0.4, 0.5) is 5.69 Å². The van der Waals surface area contributed by atoms with Crippen LogP contribution < -0.4 is 4.74 Å². The molecule has 1 heterocycles. The number of aliphatic carboxylic acids is 3. The summed E-state index contributed by atoms with van der Waals surface area (Å²) in [5.41, 5.74) is 0.553. The van der Waals surface area contributed by atoms with Crippen LogP contribution in [0.1, 0.15) is 5.56 Å². The Kier molecular flexibility index (Phi) is 17.5. The molecule has 1 aliphatic heterocycles. The Morgan fingerprint density at radius 2 is 1.20 bits per heavy atom. The smallest absolute Gasteiger partial charge is 0.331 e. The van der Waals surface area contributed by atoms with Crippen molar-refractivity contribution in [1.82, 2.24) is 24.5 Å². The molecule has 0 atom stereocenters. The van der Waals surface area contributed by atoms with Gasteiger partial charge in [-0.2, -0.15) is 0 Å². The first-order chi connectivity index (χ1) is 22.9. The van der Waals surface area contributed by atoms with E-state index >= 15 is 0 Å². The van der Waals surface area contributed by atoms with Crippen molar-refractivity contribution in [2.45, 2.75) is 6.54 Å². The molecule has 2 aromatic rings. The first-order valence-corrected chi connectivity index (χ1v) is 14.9. The van der Waals surface area contributed by atoms with Crippen molar-refractivity contribution >= 4 is 35.5 Å². The molecule has 0 aliphatic carbocycles. The molecule has 0 spiro atoms. The minimum absolute atomic E-state index is 0. The molecule has 0 unspecified atom stereocenters. The number of carboxylic acids is 3. The van der Waals surface area contributed by atoms with Crippen LogP contribution in [0.25, 0.3) is 0 Å². The number of hydrogen-bond donors (Lipinski definition) is 3. The van der Waals surface area contributed by atoms with Crippen LogP contribution in [-0.4, -0.2) is 147 Å². The topological polar surface area (TPSA) is 215 Å². The predicted octanol–water partition coefficient (Wildman–Crippen LogP) is 0.476. The number of benzene rings is 2. The number of nitrogens with zero attached hydrogens (tertiary/aromatic N) is 6. The Bertz CT molecular complexity index is 1460. The van der Waals surface area contributed by atoms with Gasteiger partial charge in [-0.25, -0.2) is 4.79 Å². The summed E-state index contributed by atoms with van der Waals surface area (Å²) in [4.78, 5) is 79.1. The fourth-order valence-corrected chi connectivity index (χ4v) is 4.79. The minimum atomic E-state index is -1.12. The second-order valence-corrected chi connectivity index (χ2v) is 10.9. The van der Waals surface area contributed by atoms with Gasteiger partial charge in [0.2, 0.25) is 5.91 Å². The first kappa shape index (κ1) is 40.9. The number of amides is 1. The standard InChI is InChI=1S/C31H38N6O11.Gd/c38-27(36(18-24-4-2-1-3-5-24)23-31(45)48-26-8-6-25(7-9-26)37(46)47)19-32-10-12-33(20-28(39)40)14-16-35(22-30(43)44)17-15-34(13-11-32)21-29(41)42;/h1-9,14,16H,10-13,15,17-23H2,(H,39,40)(H,41,42)(H,43,44);/b16-14-;. The van der Waals surface area contributed by atoms with Crippen LogP contribution >= 0.6 is 0 Å². The molecule has 17 nitrogen and oxygen atoms in total. The van der Waals surface area contributed by atoms with Gasteiger partial charge in [-0.05, 0) is 17.7 Å². The molecule has 49 heavy (non-hydrogen) atoms. The van der Waals surface area contributed by atoms with Gasteiger partial charge in [0.15, 0.2) is 0 Å². The molecular weight excluding hydrogens is 790 g/mol. The Morgan fingerprint density at radius 3 is 1.69 bits per heavy atom. The van der Waals surface area contributed by atoms with Crippen molar-refractivity contribution < 1.29 is 88.9 Å². The fourth-order valence-electron chi connectivity index (χ4n) is 4.79.